The van der Waals surface area contributed by atoms with Crippen molar-refractivity contribution in [2.24, 2.45) is 0 Å². The van der Waals surface area contributed by atoms with Crippen LogP contribution in [-0.2, 0) is 9.84 Å². The molecule has 0 radical (unpaired) electrons. The maximum atomic E-state index is 14.1. The Kier molecular flexibility index (Phi) is 6.86. The molecule has 2 N–H and O–H groups in total. The molecule has 2 aromatic carbocycles. The Hall–Kier alpha value is -1.83. The minimum atomic E-state index is -3.64. The molecule has 2 atom stereocenters. The lowest BCUT2D eigenvalue weighted by atomic mass is 10.0. The van der Waals surface area contributed by atoms with Gasteiger partial charge in [-0.1, -0.05) is 18.2 Å². The Morgan fingerprint density at radius 3 is 2.54 bits per heavy atom. The number of anilines is 1. The van der Waals surface area contributed by atoms with Gasteiger partial charge in [0.2, 0.25) is 9.84 Å². The summed E-state index contributed by atoms with van der Waals surface area (Å²) in [5.41, 5.74) is 0.481. The van der Waals surface area contributed by atoms with Crippen LogP contribution in [0.15, 0.2) is 58.3 Å². The molecule has 142 valence electrons. The summed E-state index contributed by atoms with van der Waals surface area (Å²) in [4.78, 5) is 0.364. The highest BCUT2D eigenvalue weighted by Crippen LogP contribution is 2.31. The van der Waals surface area contributed by atoms with Crippen molar-refractivity contribution in [3.8, 4) is 5.75 Å². The lowest BCUT2D eigenvalue weighted by molar-refractivity contribution is 0.244. The van der Waals surface area contributed by atoms with E-state index in [4.69, 9.17) is 4.74 Å². The van der Waals surface area contributed by atoms with Crippen LogP contribution in [0.25, 0.3) is 0 Å². The fourth-order valence-electron chi connectivity index (χ4n) is 2.89. The van der Waals surface area contributed by atoms with E-state index in [9.17, 15) is 12.8 Å². The van der Waals surface area contributed by atoms with E-state index in [1.54, 1.807) is 36.4 Å². The summed E-state index contributed by atoms with van der Waals surface area (Å²) >= 11 is 0. The molecule has 8 heteroatoms. The number of methoxy groups -OCH3 is 1. The predicted molar refractivity (Wildman–Crippen MR) is 102 cm³/mol. The van der Waals surface area contributed by atoms with Crippen molar-refractivity contribution in [3.63, 3.8) is 0 Å². The standard InChI is InChI=1S/C18H21FN2O3S.ClH/c1-24-18-8-7-14(25(22,23)13-5-3-2-4-6-13)11-17(18)21-16-9-10-20-12-15(16)19;/h2-8,11,15-16,20-21H,9-10,12H2,1H3;1H. The molecule has 2 aromatic rings. The number of ether oxygens (including phenoxy) is 1. The zero-order valence-corrected chi connectivity index (χ0v) is 15.9. The van der Waals surface area contributed by atoms with E-state index < -0.39 is 16.0 Å². The van der Waals surface area contributed by atoms with Gasteiger partial charge in [-0.3, -0.25) is 0 Å². The molecule has 0 bridgehead atoms. The third-order valence-electron chi connectivity index (χ3n) is 4.28. The molecular weight excluding hydrogens is 379 g/mol. The molecule has 5 nitrogen and oxygen atoms in total. The van der Waals surface area contributed by atoms with E-state index in [0.717, 1.165) is 0 Å². The first kappa shape index (κ1) is 20.5. The summed E-state index contributed by atoms with van der Waals surface area (Å²) in [5, 5.41) is 6.10. The van der Waals surface area contributed by atoms with E-state index >= 15 is 0 Å². The number of hydrogen-bond donors (Lipinski definition) is 2. The van der Waals surface area contributed by atoms with E-state index in [-0.39, 0.29) is 34.8 Å². The number of halogens is 2. The van der Waals surface area contributed by atoms with Gasteiger partial charge < -0.3 is 15.4 Å². The van der Waals surface area contributed by atoms with Crippen molar-refractivity contribution in [1.29, 1.82) is 0 Å². The van der Waals surface area contributed by atoms with E-state index in [0.29, 0.717) is 24.4 Å². The summed E-state index contributed by atoms with van der Waals surface area (Å²) in [6, 6.07) is 12.4. The summed E-state index contributed by atoms with van der Waals surface area (Å²) < 4.78 is 45.0. The van der Waals surface area contributed by atoms with Crippen LogP contribution in [0.5, 0.6) is 5.75 Å². The van der Waals surface area contributed by atoms with Gasteiger partial charge in [0.1, 0.15) is 11.9 Å². The zero-order chi connectivity index (χ0) is 17.9. The second kappa shape index (κ2) is 8.70. The highest BCUT2D eigenvalue weighted by molar-refractivity contribution is 7.91. The highest BCUT2D eigenvalue weighted by atomic mass is 35.5. The summed E-state index contributed by atoms with van der Waals surface area (Å²) in [5.74, 6) is 0.484. The molecule has 26 heavy (non-hydrogen) atoms. The van der Waals surface area contributed by atoms with Gasteiger partial charge in [-0.25, -0.2) is 12.8 Å². The van der Waals surface area contributed by atoms with E-state index in [1.165, 1.54) is 19.2 Å². The SMILES string of the molecule is COc1ccc(S(=O)(=O)c2ccccc2)cc1NC1CCNCC1F.Cl. The average Bonchev–Trinajstić information content (AvgIpc) is 2.64. The number of alkyl halides is 1. The van der Waals surface area contributed by atoms with Crippen molar-refractivity contribution in [2.75, 3.05) is 25.5 Å². The quantitative estimate of drug-likeness (QED) is 0.807. The van der Waals surface area contributed by atoms with Crippen LogP contribution < -0.4 is 15.4 Å². The number of nitrogens with one attached hydrogen (secondary N) is 2. The Bertz CT molecular complexity index is 834. The van der Waals surface area contributed by atoms with Gasteiger partial charge in [0.05, 0.1) is 28.6 Å². The van der Waals surface area contributed by atoms with Crippen LogP contribution >= 0.6 is 12.4 Å². The molecule has 1 aliphatic rings. The van der Waals surface area contributed by atoms with Crippen LogP contribution in [-0.4, -0.2) is 40.8 Å². The molecule has 0 amide bonds. The zero-order valence-electron chi connectivity index (χ0n) is 14.3. The smallest absolute Gasteiger partial charge is 0.206 e. The van der Waals surface area contributed by atoms with Crippen LogP contribution in [0.3, 0.4) is 0 Å². The van der Waals surface area contributed by atoms with Crippen LogP contribution in [0.2, 0.25) is 0 Å². The number of sulfone groups is 1. The van der Waals surface area contributed by atoms with Crippen molar-refractivity contribution in [2.45, 2.75) is 28.4 Å². The highest BCUT2D eigenvalue weighted by Gasteiger charge is 2.26. The summed E-state index contributed by atoms with van der Waals surface area (Å²) in [6.45, 7) is 0.990. The normalized spacial score (nSPS) is 20.1. The van der Waals surface area contributed by atoms with Gasteiger partial charge in [-0.05, 0) is 43.3 Å². The minimum Gasteiger partial charge on any atom is -0.495 e. The van der Waals surface area contributed by atoms with Gasteiger partial charge in [-0.2, -0.15) is 0 Å². The Labute approximate surface area is 159 Å². The number of benzene rings is 2. The van der Waals surface area contributed by atoms with E-state index in [1.807, 2.05) is 0 Å². The van der Waals surface area contributed by atoms with Crippen LogP contribution in [0.4, 0.5) is 10.1 Å². The van der Waals surface area contributed by atoms with Crippen molar-refractivity contribution < 1.29 is 17.5 Å². The van der Waals surface area contributed by atoms with E-state index in [2.05, 4.69) is 10.6 Å². The number of rotatable bonds is 5. The minimum absolute atomic E-state index is 0. The van der Waals surface area contributed by atoms with Gasteiger partial charge in [0, 0.05) is 6.54 Å². The lowest BCUT2D eigenvalue weighted by Crippen LogP contribution is -2.45. The fraction of sp³-hybridized carbons (Fsp3) is 0.333. The average molecular weight is 401 g/mol. The molecule has 0 saturated carbocycles. The molecule has 0 spiro atoms. The first-order valence-corrected chi connectivity index (χ1v) is 9.60. The second-order valence-electron chi connectivity index (χ2n) is 5.94. The Morgan fingerprint density at radius 2 is 1.88 bits per heavy atom. The van der Waals surface area contributed by atoms with Crippen LogP contribution in [0.1, 0.15) is 6.42 Å². The van der Waals surface area contributed by atoms with Gasteiger partial charge in [0.25, 0.3) is 0 Å². The number of hydrogen-bond acceptors (Lipinski definition) is 5. The van der Waals surface area contributed by atoms with Gasteiger partial charge >= 0.3 is 0 Å². The fourth-order valence-corrected chi connectivity index (χ4v) is 4.19. The monoisotopic (exact) mass is 400 g/mol. The third kappa shape index (κ3) is 4.28. The third-order valence-corrected chi connectivity index (χ3v) is 6.05. The first-order chi connectivity index (χ1) is 12.0. The molecule has 1 heterocycles. The first-order valence-electron chi connectivity index (χ1n) is 8.12. The predicted octanol–water partition coefficient (Wildman–Crippen LogP) is 3.06. The van der Waals surface area contributed by atoms with Gasteiger partial charge in [0.15, 0.2) is 0 Å². The maximum absolute atomic E-state index is 14.1. The molecule has 1 fully saturated rings. The molecule has 0 aliphatic carbocycles. The molecule has 1 saturated heterocycles. The summed E-state index contributed by atoms with van der Waals surface area (Å²) in [7, 11) is -2.14. The topological polar surface area (TPSA) is 67.4 Å². The Morgan fingerprint density at radius 1 is 1.15 bits per heavy atom. The molecular formula is C18H22ClFN2O3S. The summed E-state index contributed by atoms with van der Waals surface area (Å²) in [6.07, 6.45) is -0.437. The largest absolute Gasteiger partial charge is 0.495 e. The molecule has 0 aromatic heterocycles. The van der Waals surface area contributed by atoms with Crippen molar-refractivity contribution in [3.05, 3.63) is 48.5 Å². The van der Waals surface area contributed by atoms with Crippen molar-refractivity contribution in [1.82, 2.24) is 5.32 Å². The van der Waals surface area contributed by atoms with Crippen molar-refractivity contribution >= 4 is 27.9 Å². The van der Waals surface area contributed by atoms with Crippen LogP contribution in [0, 0.1) is 0 Å². The number of piperidine rings is 1. The lowest BCUT2D eigenvalue weighted by Gasteiger charge is -2.29. The molecule has 2 unspecified atom stereocenters. The molecule has 1 aliphatic heterocycles. The Balaban J connectivity index is 0.00000243. The molecule has 3 rings (SSSR count). The van der Waals surface area contributed by atoms with Gasteiger partial charge in [-0.15, -0.1) is 12.4 Å². The maximum Gasteiger partial charge on any atom is 0.206 e. The second-order valence-corrected chi connectivity index (χ2v) is 7.89.